The van der Waals surface area contributed by atoms with Crippen molar-refractivity contribution in [2.45, 2.75) is 52.4 Å². The van der Waals surface area contributed by atoms with Crippen molar-refractivity contribution in [1.29, 1.82) is 0 Å². The van der Waals surface area contributed by atoms with Crippen LogP contribution in [0.15, 0.2) is 10.6 Å². The van der Waals surface area contributed by atoms with Gasteiger partial charge in [0.2, 0.25) is 11.6 Å². The lowest BCUT2D eigenvalue weighted by Crippen LogP contribution is -2.13. The number of nitrogens with zero attached hydrogens (tertiary/aromatic N) is 3. The summed E-state index contributed by atoms with van der Waals surface area (Å²) in [5.74, 6) is 2.00. The molecule has 2 aromatic heterocycles. The maximum absolute atomic E-state index is 5.31. The molecule has 0 aliphatic carbocycles. The Hall–Kier alpha value is -1.65. The van der Waals surface area contributed by atoms with Crippen molar-refractivity contribution in [3.63, 3.8) is 0 Å². The minimum Gasteiger partial charge on any atom is -0.353 e. The van der Waals surface area contributed by atoms with Crippen LogP contribution in [0.4, 0.5) is 0 Å². The highest BCUT2D eigenvalue weighted by molar-refractivity contribution is 5.47. The summed E-state index contributed by atoms with van der Waals surface area (Å²) in [6.45, 7) is 12.5. The van der Waals surface area contributed by atoms with Gasteiger partial charge in [-0.3, -0.25) is 5.10 Å². The predicted octanol–water partition coefficient (Wildman–Crippen LogP) is 3.05. The molecule has 98 valence electrons. The number of hydrogen-bond donors (Lipinski definition) is 1. The first kappa shape index (κ1) is 12.8. The molecule has 0 unspecified atom stereocenters. The molecule has 5 heteroatoms. The molecule has 0 aromatic carbocycles. The molecule has 2 rings (SSSR count). The van der Waals surface area contributed by atoms with Crippen LogP contribution in [0.3, 0.4) is 0 Å². The molecule has 0 fully saturated rings. The third kappa shape index (κ3) is 2.44. The zero-order chi connectivity index (χ0) is 13.6. The lowest BCUT2D eigenvalue weighted by Gasteiger charge is -2.12. The zero-order valence-corrected chi connectivity index (χ0v) is 11.8. The standard InChI is InChI=1S/C13H20N4O/c1-12(2,3)9-7-8(18-17-9)10-14-11(16-15-10)13(4,5)6/h7H,1-6H3,(H,14,15,16). The maximum Gasteiger partial charge on any atom is 0.219 e. The summed E-state index contributed by atoms with van der Waals surface area (Å²) in [7, 11) is 0. The van der Waals surface area contributed by atoms with Crippen LogP contribution >= 0.6 is 0 Å². The monoisotopic (exact) mass is 248 g/mol. The van der Waals surface area contributed by atoms with Gasteiger partial charge >= 0.3 is 0 Å². The van der Waals surface area contributed by atoms with Crippen LogP contribution in [-0.4, -0.2) is 20.3 Å². The predicted molar refractivity (Wildman–Crippen MR) is 69.3 cm³/mol. The smallest absolute Gasteiger partial charge is 0.219 e. The molecule has 2 heterocycles. The number of rotatable bonds is 1. The number of aromatic amines is 1. The van der Waals surface area contributed by atoms with E-state index in [1.54, 1.807) is 0 Å². The van der Waals surface area contributed by atoms with Gasteiger partial charge in [0, 0.05) is 16.9 Å². The van der Waals surface area contributed by atoms with E-state index in [0.29, 0.717) is 11.6 Å². The van der Waals surface area contributed by atoms with Crippen LogP contribution in [0.25, 0.3) is 11.6 Å². The average Bonchev–Trinajstić information content (AvgIpc) is 2.84. The summed E-state index contributed by atoms with van der Waals surface area (Å²) in [5.41, 5.74) is 0.808. The van der Waals surface area contributed by atoms with Gasteiger partial charge in [0.1, 0.15) is 5.82 Å². The Balaban J connectivity index is 2.33. The molecule has 0 aliphatic heterocycles. The first-order valence-corrected chi connectivity index (χ1v) is 6.08. The molecule has 0 saturated heterocycles. The molecule has 0 saturated carbocycles. The lowest BCUT2D eigenvalue weighted by atomic mass is 9.92. The van der Waals surface area contributed by atoms with Crippen LogP contribution < -0.4 is 0 Å². The van der Waals surface area contributed by atoms with E-state index in [0.717, 1.165) is 11.5 Å². The van der Waals surface area contributed by atoms with Gasteiger partial charge in [-0.2, -0.15) is 0 Å². The Morgan fingerprint density at radius 3 is 2.17 bits per heavy atom. The summed E-state index contributed by atoms with van der Waals surface area (Å²) in [6, 6.07) is 1.90. The van der Waals surface area contributed by atoms with Crippen LogP contribution in [0.1, 0.15) is 53.1 Å². The molecule has 2 aromatic rings. The molecule has 0 radical (unpaired) electrons. The Kier molecular flexibility index (Phi) is 2.80. The third-order valence-electron chi connectivity index (χ3n) is 2.69. The van der Waals surface area contributed by atoms with Crippen molar-refractivity contribution in [3.8, 4) is 11.6 Å². The van der Waals surface area contributed by atoms with E-state index < -0.39 is 0 Å². The molecule has 0 spiro atoms. The van der Waals surface area contributed by atoms with Gasteiger partial charge in [0.25, 0.3) is 0 Å². The fourth-order valence-corrected chi connectivity index (χ4v) is 1.44. The van der Waals surface area contributed by atoms with Gasteiger partial charge in [-0.1, -0.05) is 46.7 Å². The highest BCUT2D eigenvalue weighted by Gasteiger charge is 2.23. The molecule has 0 amide bonds. The largest absolute Gasteiger partial charge is 0.353 e. The van der Waals surface area contributed by atoms with E-state index in [2.05, 4.69) is 61.9 Å². The molecule has 0 aliphatic rings. The fourth-order valence-electron chi connectivity index (χ4n) is 1.44. The van der Waals surface area contributed by atoms with E-state index in [1.165, 1.54) is 0 Å². The van der Waals surface area contributed by atoms with Crippen LogP contribution in [0.5, 0.6) is 0 Å². The Morgan fingerprint density at radius 1 is 1.06 bits per heavy atom. The summed E-state index contributed by atoms with van der Waals surface area (Å²) in [5, 5.41) is 11.2. The molecule has 18 heavy (non-hydrogen) atoms. The lowest BCUT2D eigenvalue weighted by molar-refractivity contribution is 0.400. The molecular formula is C13H20N4O. The fraction of sp³-hybridized carbons (Fsp3) is 0.615. The average molecular weight is 248 g/mol. The van der Waals surface area contributed by atoms with Crippen LogP contribution in [0, 0.1) is 0 Å². The van der Waals surface area contributed by atoms with Crippen molar-refractivity contribution in [2.24, 2.45) is 0 Å². The summed E-state index contributed by atoms with van der Waals surface area (Å²) in [4.78, 5) is 4.45. The third-order valence-corrected chi connectivity index (χ3v) is 2.69. The minimum atomic E-state index is -0.0574. The van der Waals surface area contributed by atoms with Gasteiger partial charge in [-0.05, 0) is 0 Å². The topological polar surface area (TPSA) is 67.6 Å². The van der Waals surface area contributed by atoms with Crippen LogP contribution in [0.2, 0.25) is 0 Å². The van der Waals surface area contributed by atoms with Crippen LogP contribution in [-0.2, 0) is 10.8 Å². The van der Waals surface area contributed by atoms with Crippen molar-refractivity contribution < 1.29 is 4.52 Å². The summed E-state index contributed by atoms with van der Waals surface area (Å²) < 4.78 is 5.31. The van der Waals surface area contributed by atoms with Crippen molar-refractivity contribution in [2.75, 3.05) is 0 Å². The van der Waals surface area contributed by atoms with E-state index in [4.69, 9.17) is 4.52 Å². The van der Waals surface area contributed by atoms with Gasteiger partial charge in [-0.15, -0.1) is 5.10 Å². The zero-order valence-electron chi connectivity index (χ0n) is 11.8. The Labute approximate surface area is 107 Å². The summed E-state index contributed by atoms with van der Waals surface area (Å²) in [6.07, 6.45) is 0. The number of aromatic nitrogens is 4. The van der Waals surface area contributed by atoms with Gasteiger partial charge < -0.3 is 4.52 Å². The maximum atomic E-state index is 5.31. The van der Waals surface area contributed by atoms with E-state index in [9.17, 15) is 0 Å². The highest BCUT2D eigenvalue weighted by Crippen LogP contribution is 2.26. The van der Waals surface area contributed by atoms with E-state index in [1.807, 2.05) is 6.07 Å². The van der Waals surface area contributed by atoms with Gasteiger partial charge in [0.15, 0.2) is 0 Å². The number of H-pyrrole nitrogens is 1. The van der Waals surface area contributed by atoms with Crippen molar-refractivity contribution in [3.05, 3.63) is 17.6 Å². The van der Waals surface area contributed by atoms with Gasteiger partial charge in [0.05, 0.1) is 5.69 Å². The van der Waals surface area contributed by atoms with Gasteiger partial charge in [-0.25, -0.2) is 4.98 Å². The molecule has 0 atom stereocenters. The van der Waals surface area contributed by atoms with E-state index >= 15 is 0 Å². The SMILES string of the molecule is CC(C)(C)c1cc(-c2n[nH]c(C(C)(C)C)n2)on1. The molecular weight excluding hydrogens is 228 g/mol. The summed E-state index contributed by atoms with van der Waals surface area (Å²) >= 11 is 0. The highest BCUT2D eigenvalue weighted by atomic mass is 16.5. The second-order valence-corrected chi connectivity index (χ2v) is 6.58. The second kappa shape index (κ2) is 3.93. The first-order chi connectivity index (χ1) is 8.18. The second-order valence-electron chi connectivity index (χ2n) is 6.58. The van der Waals surface area contributed by atoms with Crippen molar-refractivity contribution >= 4 is 0 Å². The van der Waals surface area contributed by atoms with Crippen molar-refractivity contribution in [1.82, 2.24) is 20.3 Å². The number of hydrogen-bond acceptors (Lipinski definition) is 4. The molecule has 5 nitrogen and oxygen atoms in total. The quantitative estimate of drug-likeness (QED) is 0.842. The first-order valence-electron chi connectivity index (χ1n) is 6.08. The number of nitrogens with one attached hydrogen (secondary N) is 1. The molecule has 1 N–H and O–H groups in total. The molecule has 0 bridgehead atoms. The minimum absolute atomic E-state index is 0.0368. The Morgan fingerprint density at radius 2 is 1.72 bits per heavy atom. The van der Waals surface area contributed by atoms with E-state index in [-0.39, 0.29) is 10.8 Å². The normalized spacial score (nSPS) is 13.0. The Bertz CT molecular complexity index is 490.